The number of aryl methyl sites for hydroxylation is 1. The third kappa shape index (κ3) is 4.99. The van der Waals surface area contributed by atoms with E-state index in [1.807, 2.05) is 43.3 Å². The van der Waals surface area contributed by atoms with Crippen LogP contribution < -0.4 is 10.0 Å². The summed E-state index contributed by atoms with van der Waals surface area (Å²) in [7, 11) is -4.05. The van der Waals surface area contributed by atoms with E-state index in [4.69, 9.17) is 0 Å². The Morgan fingerprint density at radius 1 is 0.938 bits per heavy atom. The summed E-state index contributed by atoms with van der Waals surface area (Å²) in [6.45, 7) is 1.81. The van der Waals surface area contributed by atoms with Gasteiger partial charge in [0.25, 0.3) is 0 Å². The molecule has 162 valence electrons. The summed E-state index contributed by atoms with van der Waals surface area (Å²) in [4.78, 5) is 21.6. The van der Waals surface area contributed by atoms with Crippen molar-refractivity contribution in [2.75, 3.05) is 5.32 Å². The predicted octanol–water partition coefficient (Wildman–Crippen LogP) is 3.47. The first kappa shape index (κ1) is 21.6. The molecule has 1 unspecified atom stereocenters. The molecule has 0 aliphatic carbocycles. The lowest BCUT2D eigenvalue weighted by Gasteiger charge is -2.19. The van der Waals surface area contributed by atoms with Gasteiger partial charge in [0.1, 0.15) is 16.8 Å². The molecular formula is C24H22N4O3S. The quantitative estimate of drug-likeness (QED) is 0.453. The third-order valence-corrected chi connectivity index (χ3v) is 6.42. The third-order valence-electron chi connectivity index (χ3n) is 4.92. The second kappa shape index (κ2) is 9.25. The molecule has 0 fully saturated rings. The van der Waals surface area contributed by atoms with Gasteiger partial charge in [-0.1, -0.05) is 54.6 Å². The summed E-state index contributed by atoms with van der Waals surface area (Å²) in [5.41, 5.74) is 1.91. The van der Waals surface area contributed by atoms with E-state index in [1.54, 1.807) is 42.6 Å². The highest BCUT2D eigenvalue weighted by atomic mass is 32.2. The Labute approximate surface area is 186 Å². The fraction of sp³-hybridized carbons (Fsp3) is 0.125. The minimum Gasteiger partial charge on any atom is -0.309 e. The zero-order chi connectivity index (χ0) is 22.6. The van der Waals surface area contributed by atoms with E-state index < -0.39 is 22.0 Å². The number of hydrogen-bond donors (Lipinski definition) is 2. The molecule has 0 aliphatic rings. The minimum atomic E-state index is -4.05. The van der Waals surface area contributed by atoms with Gasteiger partial charge in [-0.05, 0) is 43.2 Å². The van der Waals surface area contributed by atoms with Crippen LogP contribution in [0, 0.1) is 6.92 Å². The van der Waals surface area contributed by atoms with Crippen LogP contribution >= 0.6 is 0 Å². The lowest BCUT2D eigenvalue weighted by molar-refractivity contribution is -0.117. The first-order chi connectivity index (χ1) is 15.4. The van der Waals surface area contributed by atoms with Gasteiger partial charge in [-0.15, -0.1) is 0 Å². The predicted molar refractivity (Wildman–Crippen MR) is 124 cm³/mol. The number of amides is 1. The molecule has 0 radical (unpaired) electrons. The van der Waals surface area contributed by atoms with Gasteiger partial charge in [0.15, 0.2) is 0 Å². The Balaban J connectivity index is 1.66. The standard InChI is InChI=1S/C24H22N4O3S/c1-17-8-5-14-22(26-17)27-24(29)20(16-18-9-3-2-4-10-18)28-32(30,31)21-13-6-11-19-12-7-15-25-23(19)21/h2-15,20,28H,16H2,1H3,(H,26,27,29). The van der Waals surface area contributed by atoms with Crippen LogP contribution in [0.2, 0.25) is 0 Å². The minimum absolute atomic E-state index is 0.0233. The first-order valence-corrected chi connectivity index (χ1v) is 11.6. The van der Waals surface area contributed by atoms with E-state index in [0.29, 0.717) is 16.7 Å². The highest BCUT2D eigenvalue weighted by molar-refractivity contribution is 7.89. The van der Waals surface area contributed by atoms with Crippen molar-refractivity contribution in [2.24, 2.45) is 0 Å². The molecule has 2 aromatic heterocycles. The molecule has 1 atom stereocenters. The largest absolute Gasteiger partial charge is 0.309 e. The van der Waals surface area contributed by atoms with Gasteiger partial charge < -0.3 is 5.32 Å². The molecule has 8 heteroatoms. The topological polar surface area (TPSA) is 101 Å². The number of anilines is 1. The number of nitrogens with zero attached hydrogens (tertiary/aromatic N) is 2. The van der Waals surface area contributed by atoms with Crippen LogP contribution in [0.4, 0.5) is 5.82 Å². The molecule has 0 saturated carbocycles. The molecule has 32 heavy (non-hydrogen) atoms. The number of aromatic nitrogens is 2. The normalized spacial score (nSPS) is 12.4. The molecule has 4 aromatic rings. The Kier molecular flexibility index (Phi) is 6.25. The average Bonchev–Trinajstić information content (AvgIpc) is 2.79. The van der Waals surface area contributed by atoms with Crippen molar-refractivity contribution >= 4 is 32.7 Å². The van der Waals surface area contributed by atoms with Crippen LogP contribution in [0.15, 0.2) is 90.0 Å². The van der Waals surface area contributed by atoms with Crippen molar-refractivity contribution < 1.29 is 13.2 Å². The molecule has 2 N–H and O–H groups in total. The number of benzene rings is 2. The SMILES string of the molecule is Cc1cccc(NC(=O)C(Cc2ccccc2)NS(=O)(=O)c2cccc3cccnc23)n1. The summed E-state index contributed by atoms with van der Waals surface area (Å²) in [5.74, 6) is -0.136. The second-order valence-corrected chi connectivity index (χ2v) is 9.03. The van der Waals surface area contributed by atoms with E-state index in [1.165, 1.54) is 6.07 Å². The second-order valence-electron chi connectivity index (χ2n) is 7.35. The van der Waals surface area contributed by atoms with Gasteiger partial charge in [0.05, 0.1) is 5.52 Å². The van der Waals surface area contributed by atoms with Gasteiger partial charge in [-0.25, -0.2) is 13.4 Å². The van der Waals surface area contributed by atoms with E-state index in [0.717, 1.165) is 11.3 Å². The van der Waals surface area contributed by atoms with Crippen molar-refractivity contribution in [3.8, 4) is 0 Å². The molecular weight excluding hydrogens is 424 g/mol. The van der Waals surface area contributed by atoms with Crippen molar-refractivity contribution in [3.05, 3.63) is 96.3 Å². The van der Waals surface area contributed by atoms with Crippen LogP contribution in [0.3, 0.4) is 0 Å². The fourth-order valence-electron chi connectivity index (χ4n) is 3.41. The Morgan fingerprint density at radius 3 is 2.47 bits per heavy atom. The Hall–Kier alpha value is -3.62. The van der Waals surface area contributed by atoms with Gasteiger partial charge in [-0.2, -0.15) is 4.72 Å². The van der Waals surface area contributed by atoms with Gasteiger partial charge >= 0.3 is 0 Å². The molecule has 4 rings (SSSR count). The Bertz CT molecular complexity index is 1350. The van der Waals surface area contributed by atoms with Crippen molar-refractivity contribution in [1.82, 2.24) is 14.7 Å². The fourth-order valence-corrected chi connectivity index (χ4v) is 4.78. The molecule has 0 aliphatic heterocycles. The molecule has 2 heterocycles. The summed E-state index contributed by atoms with van der Waals surface area (Å²) < 4.78 is 29.2. The van der Waals surface area contributed by atoms with Gasteiger partial charge in [0, 0.05) is 17.3 Å². The van der Waals surface area contributed by atoms with Crippen molar-refractivity contribution in [1.29, 1.82) is 0 Å². The number of hydrogen-bond acceptors (Lipinski definition) is 5. The number of rotatable bonds is 7. The molecule has 0 spiro atoms. The number of carbonyl (C=O) groups excluding carboxylic acids is 1. The molecule has 7 nitrogen and oxygen atoms in total. The first-order valence-electron chi connectivity index (χ1n) is 10.1. The maximum absolute atomic E-state index is 13.3. The number of pyridine rings is 2. The zero-order valence-electron chi connectivity index (χ0n) is 17.4. The lowest BCUT2D eigenvalue weighted by Crippen LogP contribution is -2.45. The highest BCUT2D eigenvalue weighted by Crippen LogP contribution is 2.21. The van der Waals surface area contributed by atoms with Crippen molar-refractivity contribution in [2.45, 2.75) is 24.3 Å². The maximum Gasteiger partial charge on any atom is 0.244 e. The highest BCUT2D eigenvalue weighted by Gasteiger charge is 2.28. The van der Waals surface area contributed by atoms with Crippen LogP contribution in [0.25, 0.3) is 10.9 Å². The molecule has 0 saturated heterocycles. The summed E-state index contributed by atoms with van der Waals surface area (Å²) >= 11 is 0. The number of fused-ring (bicyclic) bond motifs is 1. The number of para-hydroxylation sites is 1. The number of sulfonamides is 1. The summed E-state index contributed by atoms with van der Waals surface area (Å²) in [5, 5.41) is 3.42. The summed E-state index contributed by atoms with van der Waals surface area (Å²) in [6, 6.07) is 21.9. The lowest BCUT2D eigenvalue weighted by atomic mass is 10.1. The van der Waals surface area contributed by atoms with Crippen LogP contribution in [-0.4, -0.2) is 30.3 Å². The molecule has 2 aromatic carbocycles. The molecule has 1 amide bonds. The monoisotopic (exact) mass is 446 g/mol. The van der Waals surface area contributed by atoms with Crippen molar-refractivity contribution in [3.63, 3.8) is 0 Å². The van der Waals surface area contributed by atoms with E-state index in [-0.39, 0.29) is 11.3 Å². The average molecular weight is 447 g/mol. The zero-order valence-corrected chi connectivity index (χ0v) is 18.2. The smallest absolute Gasteiger partial charge is 0.244 e. The number of carbonyl (C=O) groups is 1. The van der Waals surface area contributed by atoms with E-state index >= 15 is 0 Å². The van der Waals surface area contributed by atoms with Crippen LogP contribution in [0.1, 0.15) is 11.3 Å². The maximum atomic E-state index is 13.3. The summed E-state index contributed by atoms with van der Waals surface area (Å²) in [6.07, 6.45) is 1.72. The number of nitrogens with one attached hydrogen (secondary N) is 2. The van der Waals surface area contributed by atoms with E-state index in [2.05, 4.69) is 20.0 Å². The van der Waals surface area contributed by atoms with Gasteiger partial charge in [-0.3, -0.25) is 9.78 Å². The van der Waals surface area contributed by atoms with Gasteiger partial charge in [0.2, 0.25) is 15.9 Å². The van der Waals surface area contributed by atoms with Crippen LogP contribution in [-0.2, 0) is 21.2 Å². The van der Waals surface area contributed by atoms with Crippen LogP contribution in [0.5, 0.6) is 0 Å². The molecule has 0 bridgehead atoms. The van der Waals surface area contributed by atoms with E-state index in [9.17, 15) is 13.2 Å². The Morgan fingerprint density at radius 2 is 1.69 bits per heavy atom.